The highest BCUT2D eigenvalue weighted by Crippen LogP contribution is 2.40. The summed E-state index contributed by atoms with van der Waals surface area (Å²) in [6.45, 7) is 3.79. The molecule has 1 saturated heterocycles. The summed E-state index contributed by atoms with van der Waals surface area (Å²) in [6.07, 6.45) is 4.94. The molecule has 44 heavy (non-hydrogen) atoms. The molecule has 228 valence electrons. The molecule has 1 aliphatic rings. The monoisotopic (exact) mass is 621 g/mol. The van der Waals surface area contributed by atoms with Crippen molar-refractivity contribution < 1.29 is 22.0 Å². The van der Waals surface area contributed by atoms with Crippen molar-refractivity contribution in [2.45, 2.75) is 49.6 Å². The number of pyridine rings is 1. The number of piperidine rings is 1. The van der Waals surface area contributed by atoms with E-state index in [2.05, 4.69) is 20.3 Å². The zero-order valence-corrected chi connectivity index (χ0v) is 24.8. The summed E-state index contributed by atoms with van der Waals surface area (Å²) in [4.78, 5) is 24.1. The van der Waals surface area contributed by atoms with E-state index >= 15 is 0 Å². The number of H-pyrrole nitrogens is 1. The highest BCUT2D eigenvalue weighted by atomic mass is 32.2. The second kappa shape index (κ2) is 10.7. The summed E-state index contributed by atoms with van der Waals surface area (Å²) >= 11 is 0. The average molecular weight is 622 g/mol. The Morgan fingerprint density at radius 3 is 2.34 bits per heavy atom. The van der Waals surface area contributed by atoms with Crippen LogP contribution in [0.1, 0.15) is 48.8 Å². The Balaban J connectivity index is 1.39. The summed E-state index contributed by atoms with van der Waals surface area (Å²) in [5.41, 5.74) is 14.6. The van der Waals surface area contributed by atoms with Crippen molar-refractivity contribution in [2.75, 3.05) is 17.7 Å². The van der Waals surface area contributed by atoms with Crippen LogP contribution in [-0.4, -0.2) is 67.3 Å². The molecule has 1 aliphatic heterocycles. The molecule has 1 aromatic carbocycles. The molecule has 5 heterocycles. The molecule has 0 bridgehead atoms. The molecule has 12 nitrogen and oxygen atoms in total. The third kappa shape index (κ3) is 5.02. The Hall–Kier alpha value is -4.92. The number of carbonyl (C=O) groups is 1. The van der Waals surface area contributed by atoms with Gasteiger partial charge in [-0.1, -0.05) is 6.07 Å². The zero-order chi connectivity index (χ0) is 31.5. The SMILES string of the molecule is CC1CC(c2nc3c(-c4ccc(-c5ccc(F)cc5F)nc4)cnn3c(N)c2S(C)(=O)=O)C[C@H](C)N1C(=O)c1cc(N)n[nH]1. The van der Waals surface area contributed by atoms with Crippen LogP contribution in [0, 0.1) is 11.6 Å². The fourth-order valence-electron chi connectivity index (χ4n) is 6.08. The van der Waals surface area contributed by atoms with Crippen molar-refractivity contribution in [3.05, 3.63) is 71.8 Å². The second-order valence-electron chi connectivity index (χ2n) is 11.1. The van der Waals surface area contributed by atoms with Gasteiger partial charge in [0.1, 0.15) is 33.9 Å². The Kier molecular flexibility index (Phi) is 7.07. The molecule has 2 unspecified atom stereocenters. The number of sulfone groups is 1. The second-order valence-corrected chi connectivity index (χ2v) is 13.1. The number of rotatable bonds is 5. The summed E-state index contributed by atoms with van der Waals surface area (Å²) in [5, 5.41) is 10.8. The number of nitrogens with two attached hydrogens (primary N) is 2. The topological polar surface area (TPSA) is 178 Å². The number of amides is 1. The Morgan fingerprint density at radius 1 is 1.02 bits per heavy atom. The van der Waals surface area contributed by atoms with E-state index in [-0.39, 0.29) is 51.7 Å². The van der Waals surface area contributed by atoms with Crippen molar-refractivity contribution in [2.24, 2.45) is 0 Å². The van der Waals surface area contributed by atoms with Crippen molar-refractivity contribution >= 4 is 33.0 Å². The van der Waals surface area contributed by atoms with Crippen LogP contribution in [0.15, 0.2) is 53.7 Å². The van der Waals surface area contributed by atoms with Crippen molar-refractivity contribution in [3.63, 3.8) is 0 Å². The molecule has 1 amide bonds. The largest absolute Gasteiger partial charge is 0.382 e. The Morgan fingerprint density at radius 2 is 1.75 bits per heavy atom. The molecule has 0 aliphatic carbocycles. The maximum absolute atomic E-state index is 14.3. The van der Waals surface area contributed by atoms with Crippen LogP contribution in [0.3, 0.4) is 0 Å². The van der Waals surface area contributed by atoms with Gasteiger partial charge in [0.25, 0.3) is 5.91 Å². The summed E-state index contributed by atoms with van der Waals surface area (Å²) < 4.78 is 55.1. The number of fused-ring (bicyclic) bond motifs is 1. The lowest BCUT2D eigenvalue weighted by Crippen LogP contribution is -2.49. The minimum atomic E-state index is -3.84. The average Bonchev–Trinajstić information content (AvgIpc) is 3.58. The van der Waals surface area contributed by atoms with E-state index in [0.717, 1.165) is 18.4 Å². The molecule has 3 atom stereocenters. The lowest BCUT2D eigenvalue weighted by Gasteiger charge is -2.42. The summed E-state index contributed by atoms with van der Waals surface area (Å²) in [6, 6.07) is 7.47. The van der Waals surface area contributed by atoms with E-state index in [1.807, 2.05) is 13.8 Å². The molecule has 5 aromatic rings. The van der Waals surface area contributed by atoms with Gasteiger partial charge in [-0.25, -0.2) is 22.2 Å². The fraction of sp³-hybridized carbons (Fsp3) is 0.276. The first kappa shape index (κ1) is 29.2. The van der Waals surface area contributed by atoms with Gasteiger partial charge in [-0.2, -0.15) is 14.7 Å². The normalized spacial score (nSPS) is 19.0. The van der Waals surface area contributed by atoms with Gasteiger partial charge in [0.15, 0.2) is 15.5 Å². The number of likely N-dealkylation sites (tertiary alicyclic amines) is 1. The Labute approximate surface area is 251 Å². The van der Waals surface area contributed by atoms with E-state index in [9.17, 15) is 22.0 Å². The van der Waals surface area contributed by atoms with Crippen LogP contribution in [0.2, 0.25) is 0 Å². The number of hydrogen-bond donors (Lipinski definition) is 3. The van der Waals surface area contributed by atoms with Gasteiger partial charge in [-0.15, -0.1) is 0 Å². The maximum atomic E-state index is 14.3. The number of nitrogen functional groups attached to an aromatic ring is 2. The molecule has 4 aromatic heterocycles. The maximum Gasteiger partial charge on any atom is 0.272 e. The molecule has 1 fully saturated rings. The molecule has 0 spiro atoms. The predicted molar refractivity (Wildman–Crippen MR) is 159 cm³/mol. The van der Waals surface area contributed by atoms with Gasteiger partial charge in [0.2, 0.25) is 0 Å². The predicted octanol–water partition coefficient (Wildman–Crippen LogP) is 3.82. The minimum Gasteiger partial charge on any atom is -0.382 e. The molecule has 15 heteroatoms. The number of carbonyl (C=O) groups excluding carboxylic acids is 1. The standard InChI is InChI=1S/C29H29F2N9O3S/c1-14-8-17(9-15(2)39(14)29(41)23-11-24(32)38-37-23)25-26(44(3,42)43)27(33)40-28(36-25)20(13-35-40)16-4-7-22(34-12-16)19-6-5-18(30)10-21(19)31/h4-7,10-15,17H,8-9,33H2,1-3H3,(H3,32,37,38)/t14-,15?,17?/m0/s1. The van der Waals surface area contributed by atoms with Gasteiger partial charge >= 0.3 is 0 Å². The summed E-state index contributed by atoms with van der Waals surface area (Å²) in [7, 11) is -3.84. The number of hydrogen-bond acceptors (Lipinski definition) is 9. The van der Waals surface area contributed by atoms with Gasteiger partial charge in [0.05, 0.1) is 17.6 Å². The number of aromatic amines is 1. The van der Waals surface area contributed by atoms with Crippen molar-refractivity contribution in [1.82, 2.24) is 34.7 Å². The van der Waals surface area contributed by atoms with Gasteiger partial charge in [-0.05, 0) is 44.9 Å². The van der Waals surface area contributed by atoms with E-state index in [1.54, 1.807) is 17.0 Å². The zero-order valence-electron chi connectivity index (χ0n) is 24.0. The van der Waals surface area contributed by atoms with Crippen LogP contribution >= 0.6 is 0 Å². The van der Waals surface area contributed by atoms with Gasteiger partial charge < -0.3 is 16.4 Å². The molecular weight excluding hydrogens is 592 g/mol. The van der Waals surface area contributed by atoms with E-state index in [1.165, 1.54) is 29.0 Å². The number of anilines is 2. The lowest BCUT2D eigenvalue weighted by molar-refractivity contribution is 0.0468. The van der Waals surface area contributed by atoms with E-state index in [0.29, 0.717) is 41.0 Å². The minimum absolute atomic E-state index is 0.0801. The number of nitrogens with one attached hydrogen (secondary N) is 1. The molecule has 0 radical (unpaired) electrons. The highest BCUT2D eigenvalue weighted by Gasteiger charge is 2.39. The number of aromatic nitrogens is 6. The first-order valence-corrected chi connectivity index (χ1v) is 15.6. The molecular formula is C29H29F2N9O3S. The van der Waals surface area contributed by atoms with Crippen LogP contribution in [0.5, 0.6) is 0 Å². The van der Waals surface area contributed by atoms with E-state index < -0.39 is 21.5 Å². The summed E-state index contributed by atoms with van der Waals surface area (Å²) in [5.74, 6) is -1.90. The van der Waals surface area contributed by atoms with Crippen LogP contribution in [0.4, 0.5) is 20.4 Å². The smallest absolute Gasteiger partial charge is 0.272 e. The van der Waals surface area contributed by atoms with E-state index in [4.69, 9.17) is 16.5 Å². The highest BCUT2D eigenvalue weighted by molar-refractivity contribution is 7.91. The van der Waals surface area contributed by atoms with Crippen molar-refractivity contribution in [1.29, 1.82) is 0 Å². The molecule has 5 N–H and O–H groups in total. The fourth-order valence-corrected chi connectivity index (χ4v) is 7.14. The van der Waals surface area contributed by atoms with Gasteiger partial charge in [-0.3, -0.25) is 14.9 Å². The first-order valence-electron chi connectivity index (χ1n) is 13.8. The van der Waals surface area contributed by atoms with Crippen LogP contribution in [0.25, 0.3) is 28.0 Å². The number of halogens is 2. The van der Waals surface area contributed by atoms with Crippen molar-refractivity contribution in [3.8, 4) is 22.4 Å². The third-order valence-corrected chi connectivity index (χ3v) is 9.13. The molecule has 0 saturated carbocycles. The number of nitrogens with zero attached hydrogens (tertiary/aromatic N) is 6. The lowest BCUT2D eigenvalue weighted by atomic mass is 9.84. The third-order valence-electron chi connectivity index (χ3n) is 7.97. The first-order chi connectivity index (χ1) is 20.8. The number of benzene rings is 1. The van der Waals surface area contributed by atoms with Crippen LogP contribution in [-0.2, 0) is 9.84 Å². The van der Waals surface area contributed by atoms with Crippen LogP contribution < -0.4 is 11.5 Å². The van der Waals surface area contributed by atoms with Gasteiger partial charge in [0, 0.05) is 59.3 Å². The Bertz CT molecular complexity index is 2010. The molecule has 6 rings (SSSR count). The quantitative estimate of drug-likeness (QED) is 0.263.